The van der Waals surface area contributed by atoms with E-state index in [1.54, 1.807) is 48.5 Å². The Balaban J connectivity index is 1.64. The Kier molecular flexibility index (Phi) is 4.13. The van der Waals surface area contributed by atoms with E-state index >= 15 is 0 Å². The molecule has 3 heterocycles. The van der Waals surface area contributed by atoms with Gasteiger partial charge in [0.05, 0.1) is 24.6 Å². The van der Waals surface area contributed by atoms with Crippen molar-refractivity contribution in [3.8, 4) is 5.75 Å². The molecule has 3 aliphatic heterocycles. The number of fused-ring (bicyclic) bond motifs is 4. The molecule has 2 saturated heterocycles. The van der Waals surface area contributed by atoms with Crippen LogP contribution in [-0.4, -0.2) is 36.8 Å². The lowest BCUT2D eigenvalue weighted by Crippen LogP contribution is -2.53. The predicted octanol–water partition coefficient (Wildman–Crippen LogP) is 0.496. The van der Waals surface area contributed by atoms with E-state index in [9.17, 15) is 19.2 Å². The molecule has 158 valence electrons. The van der Waals surface area contributed by atoms with Crippen molar-refractivity contribution in [1.82, 2.24) is 5.32 Å². The second-order valence-corrected chi connectivity index (χ2v) is 7.94. The zero-order valence-electron chi connectivity index (χ0n) is 16.6. The number of nitrogens with zero attached hydrogens (tertiary/aromatic N) is 1. The van der Waals surface area contributed by atoms with Crippen molar-refractivity contribution in [2.45, 2.75) is 18.0 Å². The van der Waals surface area contributed by atoms with Gasteiger partial charge in [-0.1, -0.05) is 18.2 Å². The lowest BCUT2D eigenvalue weighted by atomic mass is 9.76. The second-order valence-electron chi connectivity index (χ2n) is 7.94. The van der Waals surface area contributed by atoms with Gasteiger partial charge in [-0.05, 0) is 30.3 Å². The highest BCUT2D eigenvalue weighted by Gasteiger charge is 2.70. The first kappa shape index (κ1) is 19.3. The summed E-state index contributed by atoms with van der Waals surface area (Å²) in [6.07, 6.45) is -0.173. The molecule has 0 saturated carbocycles. The van der Waals surface area contributed by atoms with Gasteiger partial charge in [0.1, 0.15) is 11.3 Å². The quantitative estimate of drug-likeness (QED) is 0.618. The standard InChI is InChI=1S/C22H20N4O5/c1-31-12-8-6-11(7-9-12)26-19(28)17-15(10-16(23)27)25-22(18(17)20(26)29)13-4-2-3-5-14(13)24-21(22)30/h2-9,15,17-18,25H,10H2,1H3,(H2,23,27)(H,24,30). The SMILES string of the molecule is COc1ccc(N2C(=O)C3C(CC(N)=O)NC4(C(=O)Nc5ccccc54)C3C2=O)cc1. The van der Waals surface area contributed by atoms with Crippen molar-refractivity contribution < 1.29 is 23.9 Å². The number of nitrogens with one attached hydrogen (secondary N) is 2. The molecule has 1 spiro atoms. The minimum absolute atomic E-state index is 0.173. The van der Waals surface area contributed by atoms with Gasteiger partial charge >= 0.3 is 0 Å². The third-order valence-corrected chi connectivity index (χ3v) is 6.37. The molecule has 9 heteroatoms. The maximum atomic E-state index is 13.6. The molecule has 0 aromatic heterocycles. The molecule has 4 unspecified atom stereocenters. The molecule has 4 N–H and O–H groups in total. The van der Waals surface area contributed by atoms with E-state index in [-0.39, 0.29) is 6.42 Å². The zero-order chi connectivity index (χ0) is 21.9. The van der Waals surface area contributed by atoms with E-state index in [1.165, 1.54) is 7.11 Å². The van der Waals surface area contributed by atoms with Crippen molar-refractivity contribution in [3.63, 3.8) is 0 Å². The predicted molar refractivity (Wildman–Crippen MR) is 110 cm³/mol. The summed E-state index contributed by atoms with van der Waals surface area (Å²) in [7, 11) is 1.52. The van der Waals surface area contributed by atoms with Crippen molar-refractivity contribution in [2.24, 2.45) is 17.6 Å². The van der Waals surface area contributed by atoms with Gasteiger partial charge in [0.15, 0.2) is 0 Å². The Hall–Kier alpha value is -3.72. The molecule has 4 atom stereocenters. The number of methoxy groups -OCH3 is 1. The van der Waals surface area contributed by atoms with Crippen LogP contribution in [0, 0.1) is 11.8 Å². The fourth-order valence-corrected chi connectivity index (χ4v) is 5.14. The van der Waals surface area contributed by atoms with Crippen LogP contribution in [0.15, 0.2) is 48.5 Å². The summed E-state index contributed by atoms with van der Waals surface area (Å²) in [6, 6.07) is 12.8. The van der Waals surface area contributed by atoms with E-state index in [0.717, 1.165) is 4.90 Å². The summed E-state index contributed by atoms with van der Waals surface area (Å²) in [4.78, 5) is 53.1. The Morgan fingerprint density at radius 2 is 1.81 bits per heavy atom. The van der Waals surface area contributed by atoms with Crippen LogP contribution >= 0.6 is 0 Å². The Morgan fingerprint density at radius 1 is 1.10 bits per heavy atom. The molecular weight excluding hydrogens is 400 g/mol. The number of nitrogens with two attached hydrogens (primary N) is 1. The van der Waals surface area contributed by atoms with E-state index in [4.69, 9.17) is 10.5 Å². The number of benzene rings is 2. The first-order chi connectivity index (χ1) is 14.9. The minimum Gasteiger partial charge on any atom is -0.497 e. The maximum absolute atomic E-state index is 13.6. The average Bonchev–Trinajstić information content (AvgIpc) is 3.32. The molecule has 0 radical (unpaired) electrons. The number of hydrogen-bond acceptors (Lipinski definition) is 6. The molecule has 0 aliphatic carbocycles. The smallest absolute Gasteiger partial charge is 0.250 e. The number of para-hydroxylation sites is 1. The zero-order valence-corrected chi connectivity index (χ0v) is 16.6. The molecular formula is C22H20N4O5. The Labute approximate surface area is 177 Å². The van der Waals surface area contributed by atoms with E-state index in [1.807, 2.05) is 0 Å². The van der Waals surface area contributed by atoms with Crippen LogP contribution in [0.25, 0.3) is 0 Å². The Bertz CT molecular complexity index is 1130. The highest BCUT2D eigenvalue weighted by Crippen LogP contribution is 2.53. The lowest BCUT2D eigenvalue weighted by Gasteiger charge is -2.29. The highest BCUT2D eigenvalue weighted by molar-refractivity contribution is 6.25. The normalized spacial score (nSPS) is 28.6. The van der Waals surface area contributed by atoms with Gasteiger partial charge in [0, 0.05) is 23.7 Å². The van der Waals surface area contributed by atoms with Gasteiger partial charge in [-0.25, -0.2) is 4.90 Å². The number of amides is 4. The number of anilines is 2. The molecule has 3 aliphatic rings. The summed E-state index contributed by atoms with van der Waals surface area (Å²) in [6.45, 7) is 0. The van der Waals surface area contributed by atoms with Crippen LogP contribution < -0.4 is 26.0 Å². The molecule has 9 nitrogen and oxygen atoms in total. The Morgan fingerprint density at radius 3 is 2.48 bits per heavy atom. The number of imide groups is 1. The third kappa shape index (κ3) is 2.53. The number of hydrogen-bond donors (Lipinski definition) is 3. The van der Waals surface area contributed by atoms with Gasteiger partial charge in [0.2, 0.25) is 23.6 Å². The molecule has 2 aromatic carbocycles. The third-order valence-electron chi connectivity index (χ3n) is 6.37. The summed E-state index contributed by atoms with van der Waals surface area (Å²) < 4.78 is 5.15. The van der Waals surface area contributed by atoms with Crippen LogP contribution in [0.5, 0.6) is 5.75 Å². The molecule has 2 aromatic rings. The summed E-state index contributed by atoms with van der Waals surface area (Å²) in [5, 5.41) is 5.96. The van der Waals surface area contributed by atoms with Crippen molar-refractivity contribution in [3.05, 3.63) is 54.1 Å². The van der Waals surface area contributed by atoms with Crippen LogP contribution in [0.3, 0.4) is 0 Å². The second kappa shape index (κ2) is 6.64. The highest BCUT2D eigenvalue weighted by atomic mass is 16.5. The molecule has 5 rings (SSSR count). The summed E-state index contributed by atoms with van der Waals surface area (Å²) >= 11 is 0. The number of rotatable bonds is 4. The number of carbonyl (C=O) groups is 4. The monoisotopic (exact) mass is 420 g/mol. The topological polar surface area (TPSA) is 131 Å². The van der Waals surface area contributed by atoms with Crippen LogP contribution in [0.4, 0.5) is 11.4 Å². The average molecular weight is 420 g/mol. The summed E-state index contributed by atoms with van der Waals surface area (Å²) in [5.41, 5.74) is 5.51. The van der Waals surface area contributed by atoms with Gasteiger partial charge in [-0.3, -0.25) is 24.5 Å². The number of primary amides is 1. The van der Waals surface area contributed by atoms with Crippen LogP contribution in [-0.2, 0) is 24.7 Å². The largest absolute Gasteiger partial charge is 0.497 e. The first-order valence-corrected chi connectivity index (χ1v) is 9.87. The molecule has 4 amide bonds. The molecule has 0 bridgehead atoms. The van der Waals surface area contributed by atoms with Crippen LogP contribution in [0.1, 0.15) is 12.0 Å². The van der Waals surface area contributed by atoms with Crippen LogP contribution in [0.2, 0.25) is 0 Å². The van der Waals surface area contributed by atoms with Crippen molar-refractivity contribution in [2.75, 3.05) is 17.3 Å². The molecule has 31 heavy (non-hydrogen) atoms. The minimum atomic E-state index is -1.45. The maximum Gasteiger partial charge on any atom is 0.250 e. The van der Waals surface area contributed by atoms with Gasteiger partial charge in [0.25, 0.3) is 0 Å². The first-order valence-electron chi connectivity index (χ1n) is 9.87. The molecule has 2 fully saturated rings. The van der Waals surface area contributed by atoms with E-state index in [2.05, 4.69) is 10.6 Å². The van der Waals surface area contributed by atoms with Gasteiger partial charge in [-0.15, -0.1) is 0 Å². The van der Waals surface area contributed by atoms with E-state index < -0.39 is 47.0 Å². The number of ether oxygens (including phenoxy) is 1. The summed E-state index contributed by atoms with van der Waals surface area (Å²) in [5.74, 6) is -3.33. The lowest BCUT2D eigenvalue weighted by molar-refractivity contribution is -0.130. The van der Waals surface area contributed by atoms with E-state index in [0.29, 0.717) is 22.7 Å². The van der Waals surface area contributed by atoms with Crippen molar-refractivity contribution in [1.29, 1.82) is 0 Å². The fourth-order valence-electron chi connectivity index (χ4n) is 5.14. The fraction of sp³-hybridized carbons (Fsp3) is 0.273. The number of carbonyl (C=O) groups excluding carboxylic acids is 4. The van der Waals surface area contributed by atoms with Crippen molar-refractivity contribution >= 4 is 35.0 Å². The van der Waals surface area contributed by atoms with Gasteiger partial charge < -0.3 is 15.8 Å². The van der Waals surface area contributed by atoms with Gasteiger partial charge in [-0.2, -0.15) is 0 Å².